The highest BCUT2D eigenvalue weighted by Crippen LogP contribution is 2.36. The molecular weight excluding hydrogens is 314 g/mol. The molecule has 1 heterocycles. The Kier molecular flexibility index (Phi) is 5.95. The van der Waals surface area contributed by atoms with Gasteiger partial charge in [-0.05, 0) is 37.0 Å². The number of ether oxygens (including phenoxy) is 2. The van der Waals surface area contributed by atoms with E-state index in [4.69, 9.17) is 9.47 Å². The summed E-state index contributed by atoms with van der Waals surface area (Å²) in [5.74, 6) is 2.17. The lowest BCUT2D eigenvalue weighted by Crippen LogP contribution is -2.22. The SMILES string of the molecule is COc1cc(CNCC(CCO)c2ccccc2)c2c(c1)CC(C)O2. The van der Waals surface area contributed by atoms with Crippen LogP contribution in [-0.2, 0) is 13.0 Å². The molecule has 2 unspecified atom stereocenters. The second-order valence-electron chi connectivity index (χ2n) is 6.66. The van der Waals surface area contributed by atoms with Gasteiger partial charge in [-0.3, -0.25) is 0 Å². The van der Waals surface area contributed by atoms with Crippen molar-refractivity contribution in [3.8, 4) is 11.5 Å². The van der Waals surface area contributed by atoms with Crippen molar-refractivity contribution in [3.05, 3.63) is 59.2 Å². The molecule has 0 amide bonds. The summed E-state index contributed by atoms with van der Waals surface area (Å²) in [6.45, 7) is 3.82. The largest absolute Gasteiger partial charge is 0.497 e. The van der Waals surface area contributed by atoms with Crippen LogP contribution in [0.15, 0.2) is 42.5 Å². The van der Waals surface area contributed by atoms with E-state index in [1.165, 1.54) is 11.1 Å². The maximum absolute atomic E-state index is 9.37. The van der Waals surface area contributed by atoms with Crippen LogP contribution in [0.3, 0.4) is 0 Å². The molecule has 1 aliphatic rings. The van der Waals surface area contributed by atoms with Crippen LogP contribution < -0.4 is 14.8 Å². The minimum atomic E-state index is 0.191. The Labute approximate surface area is 149 Å². The quantitative estimate of drug-likeness (QED) is 0.774. The van der Waals surface area contributed by atoms with Crippen LogP contribution in [0.25, 0.3) is 0 Å². The van der Waals surface area contributed by atoms with E-state index in [0.29, 0.717) is 5.92 Å². The van der Waals surface area contributed by atoms with Crippen molar-refractivity contribution >= 4 is 0 Å². The van der Waals surface area contributed by atoms with Gasteiger partial charge in [-0.15, -0.1) is 0 Å². The van der Waals surface area contributed by atoms with E-state index in [-0.39, 0.29) is 12.7 Å². The molecule has 25 heavy (non-hydrogen) atoms. The number of benzene rings is 2. The molecule has 0 fully saturated rings. The number of hydrogen-bond donors (Lipinski definition) is 2. The number of aliphatic hydroxyl groups excluding tert-OH is 1. The fraction of sp³-hybridized carbons (Fsp3) is 0.429. The van der Waals surface area contributed by atoms with Gasteiger partial charge in [0, 0.05) is 37.2 Å². The minimum Gasteiger partial charge on any atom is -0.497 e. The molecule has 2 N–H and O–H groups in total. The van der Waals surface area contributed by atoms with Crippen LogP contribution in [0.2, 0.25) is 0 Å². The predicted octanol–water partition coefficient (Wildman–Crippen LogP) is 3.27. The number of rotatable bonds is 8. The Morgan fingerprint density at radius 1 is 1.28 bits per heavy atom. The zero-order valence-corrected chi connectivity index (χ0v) is 15.0. The first-order chi connectivity index (χ1) is 12.2. The highest BCUT2D eigenvalue weighted by molar-refractivity contribution is 5.49. The van der Waals surface area contributed by atoms with E-state index in [9.17, 15) is 5.11 Å². The topological polar surface area (TPSA) is 50.7 Å². The van der Waals surface area contributed by atoms with Crippen LogP contribution in [0.1, 0.15) is 36.0 Å². The van der Waals surface area contributed by atoms with Gasteiger partial charge < -0.3 is 19.9 Å². The highest BCUT2D eigenvalue weighted by Gasteiger charge is 2.23. The summed E-state index contributed by atoms with van der Waals surface area (Å²) in [5.41, 5.74) is 3.61. The van der Waals surface area contributed by atoms with Crippen molar-refractivity contribution in [1.82, 2.24) is 5.32 Å². The summed E-state index contributed by atoms with van der Waals surface area (Å²) in [7, 11) is 1.70. The first-order valence-electron chi connectivity index (χ1n) is 8.94. The Hall–Kier alpha value is -2.04. The van der Waals surface area contributed by atoms with E-state index in [1.807, 2.05) is 24.3 Å². The Morgan fingerprint density at radius 3 is 2.80 bits per heavy atom. The van der Waals surface area contributed by atoms with E-state index in [1.54, 1.807) is 7.11 Å². The average Bonchev–Trinajstić information content (AvgIpc) is 3.01. The molecule has 0 bridgehead atoms. The summed E-state index contributed by atoms with van der Waals surface area (Å²) in [6, 6.07) is 14.5. The Morgan fingerprint density at radius 2 is 2.08 bits per heavy atom. The fourth-order valence-electron chi connectivity index (χ4n) is 3.48. The van der Waals surface area contributed by atoms with Gasteiger partial charge in [0.2, 0.25) is 0 Å². The normalized spacial score (nSPS) is 17.0. The predicted molar refractivity (Wildman–Crippen MR) is 99.4 cm³/mol. The molecule has 4 heteroatoms. The number of methoxy groups -OCH3 is 1. The number of fused-ring (bicyclic) bond motifs is 1. The van der Waals surface area contributed by atoms with Crippen LogP contribution in [0, 0.1) is 0 Å². The molecule has 0 aliphatic carbocycles. The van der Waals surface area contributed by atoms with Gasteiger partial charge in [0.1, 0.15) is 17.6 Å². The van der Waals surface area contributed by atoms with Crippen molar-refractivity contribution in [1.29, 1.82) is 0 Å². The third kappa shape index (κ3) is 4.33. The first kappa shape index (κ1) is 17.8. The second-order valence-corrected chi connectivity index (χ2v) is 6.66. The van der Waals surface area contributed by atoms with E-state index in [2.05, 4.69) is 30.4 Å². The molecule has 3 rings (SSSR count). The maximum Gasteiger partial charge on any atom is 0.127 e. The van der Waals surface area contributed by atoms with Gasteiger partial charge in [-0.1, -0.05) is 30.3 Å². The average molecular weight is 341 g/mol. The molecule has 2 aromatic carbocycles. The van der Waals surface area contributed by atoms with Crippen LogP contribution in [-0.4, -0.2) is 31.5 Å². The fourth-order valence-corrected chi connectivity index (χ4v) is 3.48. The molecule has 4 nitrogen and oxygen atoms in total. The smallest absolute Gasteiger partial charge is 0.127 e. The molecular formula is C21H27NO3. The zero-order chi connectivity index (χ0) is 17.6. The molecule has 0 saturated carbocycles. The standard InChI is InChI=1S/C21H27NO3/c1-15-10-18-11-20(24-2)12-19(21(18)25-15)14-22-13-17(8-9-23)16-6-4-3-5-7-16/h3-7,11-12,15,17,22-23H,8-10,13-14H2,1-2H3. The molecule has 0 spiro atoms. The summed E-state index contributed by atoms with van der Waals surface area (Å²) >= 11 is 0. The summed E-state index contributed by atoms with van der Waals surface area (Å²) in [4.78, 5) is 0. The molecule has 0 saturated heterocycles. The van der Waals surface area contributed by atoms with E-state index >= 15 is 0 Å². The maximum atomic E-state index is 9.37. The molecule has 2 aromatic rings. The molecule has 1 aliphatic heterocycles. The van der Waals surface area contributed by atoms with Crippen molar-refractivity contribution in [2.45, 2.75) is 38.3 Å². The number of hydrogen-bond acceptors (Lipinski definition) is 4. The third-order valence-corrected chi connectivity index (χ3v) is 4.73. The zero-order valence-electron chi connectivity index (χ0n) is 15.0. The van der Waals surface area contributed by atoms with Gasteiger partial charge in [-0.25, -0.2) is 0 Å². The van der Waals surface area contributed by atoms with Crippen molar-refractivity contribution in [3.63, 3.8) is 0 Å². The molecule has 0 radical (unpaired) electrons. The lowest BCUT2D eigenvalue weighted by Gasteiger charge is -2.18. The molecule has 2 atom stereocenters. The highest BCUT2D eigenvalue weighted by atomic mass is 16.5. The molecule has 134 valence electrons. The van der Waals surface area contributed by atoms with Gasteiger partial charge >= 0.3 is 0 Å². The van der Waals surface area contributed by atoms with Crippen LogP contribution in [0.4, 0.5) is 0 Å². The van der Waals surface area contributed by atoms with Gasteiger partial charge in [0.05, 0.1) is 7.11 Å². The molecule has 0 aromatic heterocycles. The first-order valence-corrected chi connectivity index (χ1v) is 8.94. The summed E-state index contributed by atoms with van der Waals surface area (Å²) in [5, 5.41) is 12.9. The third-order valence-electron chi connectivity index (χ3n) is 4.73. The number of nitrogens with one attached hydrogen (secondary N) is 1. The van der Waals surface area contributed by atoms with Crippen LogP contribution in [0.5, 0.6) is 11.5 Å². The second kappa shape index (κ2) is 8.37. The van der Waals surface area contributed by atoms with Gasteiger partial charge in [-0.2, -0.15) is 0 Å². The van der Waals surface area contributed by atoms with Crippen molar-refractivity contribution < 1.29 is 14.6 Å². The van der Waals surface area contributed by atoms with Gasteiger partial charge in [0.25, 0.3) is 0 Å². The monoisotopic (exact) mass is 341 g/mol. The summed E-state index contributed by atoms with van der Waals surface area (Å²) in [6.07, 6.45) is 1.89. The van der Waals surface area contributed by atoms with Gasteiger partial charge in [0.15, 0.2) is 0 Å². The van der Waals surface area contributed by atoms with Crippen molar-refractivity contribution in [2.24, 2.45) is 0 Å². The van der Waals surface area contributed by atoms with Crippen LogP contribution >= 0.6 is 0 Å². The Balaban J connectivity index is 1.68. The lowest BCUT2D eigenvalue weighted by molar-refractivity contribution is 0.251. The number of aliphatic hydroxyl groups is 1. The Bertz CT molecular complexity index is 687. The van der Waals surface area contributed by atoms with Crippen molar-refractivity contribution in [2.75, 3.05) is 20.3 Å². The lowest BCUT2D eigenvalue weighted by atomic mass is 9.96. The minimum absolute atomic E-state index is 0.191. The summed E-state index contributed by atoms with van der Waals surface area (Å²) < 4.78 is 11.4. The van der Waals surface area contributed by atoms with E-state index < -0.39 is 0 Å². The van der Waals surface area contributed by atoms with E-state index in [0.717, 1.165) is 43.0 Å².